The minimum absolute atomic E-state index is 0. The van der Waals surface area contributed by atoms with Crippen LogP contribution < -0.4 is 34.9 Å². The van der Waals surface area contributed by atoms with Gasteiger partial charge in [0.25, 0.3) is 5.91 Å². The number of carboxylic acids is 1. The molecule has 0 bridgehead atoms. The van der Waals surface area contributed by atoms with Crippen LogP contribution in [0.25, 0.3) is 0 Å². The third-order valence-corrected chi connectivity index (χ3v) is 6.54. The number of aromatic nitrogens is 4. The van der Waals surface area contributed by atoms with E-state index in [0.29, 0.717) is 23.7 Å². The number of tetrazole rings is 1. The van der Waals surface area contributed by atoms with Gasteiger partial charge in [0.2, 0.25) is 17.0 Å². The second-order valence-electron chi connectivity index (χ2n) is 7.12. The van der Waals surface area contributed by atoms with Crippen molar-refractivity contribution in [3.63, 3.8) is 0 Å². The summed E-state index contributed by atoms with van der Waals surface area (Å²) in [5.41, 5.74) is 0.575. The number of nitrogens with one attached hydrogen (secondary N) is 1. The molecule has 0 spiro atoms. The number of carbonyl (C=O) groups is 4. The van der Waals surface area contributed by atoms with Gasteiger partial charge >= 0.3 is 35.5 Å². The van der Waals surface area contributed by atoms with E-state index in [4.69, 9.17) is 0 Å². The molecule has 1 aromatic heterocycles. The van der Waals surface area contributed by atoms with E-state index in [1.165, 1.54) is 40.2 Å². The number of thioether (sulfide) groups is 1. The zero-order chi connectivity index (χ0) is 20.9. The Balaban J connectivity index is 0.00000171. The van der Waals surface area contributed by atoms with Gasteiger partial charge in [0.1, 0.15) is 18.3 Å². The number of nitrogens with zero attached hydrogens (tertiary/aromatic N) is 6. The van der Waals surface area contributed by atoms with E-state index in [1.807, 2.05) is 0 Å². The molecule has 2 N–H and O–H groups in total. The summed E-state index contributed by atoms with van der Waals surface area (Å²) in [7, 11) is 1.51. The molecule has 4 heterocycles. The van der Waals surface area contributed by atoms with E-state index < -0.39 is 12.0 Å². The predicted octanol–water partition coefficient (Wildman–Crippen LogP) is -4.57. The summed E-state index contributed by atoms with van der Waals surface area (Å²) in [5.74, 6) is -1.71. The van der Waals surface area contributed by atoms with Crippen LogP contribution in [0.3, 0.4) is 0 Å². The van der Waals surface area contributed by atoms with Crippen LogP contribution in [0, 0.1) is 5.92 Å². The van der Waals surface area contributed by atoms with Gasteiger partial charge in [-0.25, -0.2) is 9.48 Å². The summed E-state index contributed by atoms with van der Waals surface area (Å²) in [4.78, 5) is 50.8. The van der Waals surface area contributed by atoms with Crippen molar-refractivity contribution >= 4 is 35.5 Å². The number of likely N-dealkylation sites (tertiary alicyclic amines) is 1. The Hall–Kier alpha value is -1.96. The van der Waals surface area contributed by atoms with Crippen LogP contribution in [0.15, 0.2) is 16.4 Å². The Morgan fingerprint density at radius 2 is 2.10 bits per heavy atom. The van der Waals surface area contributed by atoms with E-state index in [-0.39, 0.29) is 78.7 Å². The van der Waals surface area contributed by atoms with Crippen molar-refractivity contribution in [3.8, 4) is 0 Å². The number of hydrogen-bond donors (Lipinski definition) is 2. The topological polar surface area (TPSA) is 151 Å². The molecule has 4 rings (SSSR count). The molecular formula is C16H20N7NaO5S. The fourth-order valence-electron chi connectivity index (χ4n) is 4.25. The minimum atomic E-state index is -1.17. The molecule has 3 atom stereocenters. The Morgan fingerprint density at radius 3 is 2.73 bits per heavy atom. The van der Waals surface area contributed by atoms with Crippen molar-refractivity contribution in [3.05, 3.63) is 11.3 Å². The maximum absolute atomic E-state index is 12.6. The minimum Gasteiger partial charge on any atom is -1.00 e. The van der Waals surface area contributed by atoms with Gasteiger partial charge in [-0.05, 0) is 22.4 Å². The van der Waals surface area contributed by atoms with Gasteiger partial charge in [0.15, 0.2) is 0 Å². The maximum atomic E-state index is 12.6. The first kappa shape index (κ1) is 22.7. The Morgan fingerprint density at radius 1 is 1.37 bits per heavy atom. The number of carboxylic acid groups (broad SMARTS) is 1. The number of hydrogen-bond acceptors (Lipinski definition) is 8. The van der Waals surface area contributed by atoms with Gasteiger partial charge in [-0.3, -0.25) is 19.3 Å². The first-order valence-corrected chi connectivity index (χ1v) is 9.97. The number of amides is 3. The van der Waals surface area contributed by atoms with Gasteiger partial charge in [-0.2, -0.15) is 0 Å². The second-order valence-corrected chi connectivity index (χ2v) is 8.06. The van der Waals surface area contributed by atoms with Crippen LogP contribution in [0.4, 0.5) is 0 Å². The SMILES string of the molecule is CNC(=O)Cn1nnnc1SCC1=C(C(=O)O)N2C(=O)[C@@H]3[C@H]2[C@H](C1)CN3C(C)=O.[H-].[Na+]. The fourth-order valence-corrected chi connectivity index (χ4v) is 5.16. The van der Waals surface area contributed by atoms with Gasteiger partial charge in [-0.1, -0.05) is 11.8 Å². The van der Waals surface area contributed by atoms with Crippen LogP contribution in [-0.4, -0.2) is 90.2 Å². The predicted molar refractivity (Wildman–Crippen MR) is 98.3 cm³/mol. The number of carbonyl (C=O) groups excluding carboxylic acids is 3. The molecule has 3 amide bonds. The van der Waals surface area contributed by atoms with Gasteiger partial charge in [-0.15, -0.1) is 5.10 Å². The summed E-state index contributed by atoms with van der Waals surface area (Å²) < 4.78 is 1.33. The van der Waals surface area contributed by atoms with Gasteiger partial charge in [0.05, 0.1) is 6.04 Å². The molecule has 156 valence electrons. The number of aliphatic carboxylic acids is 1. The zero-order valence-electron chi connectivity index (χ0n) is 17.7. The molecule has 0 saturated carbocycles. The van der Waals surface area contributed by atoms with Crippen LogP contribution in [-0.2, 0) is 25.7 Å². The monoisotopic (exact) mass is 445 g/mol. The third kappa shape index (κ3) is 3.63. The van der Waals surface area contributed by atoms with Crippen molar-refractivity contribution in [1.29, 1.82) is 0 Å². The van der Waals surface area contributed by atoms with Crippen molar-refractivity contribution in [2.24, 2.45) is 5.92 Å². The molecule has 0 unspecified atom stereocenters. The largest absolute Gasteiger partial charge is 1.00 e. The third-order valence-electron chi connectivity index (χ3n) is 5.50. The zero-order valence-corrected chi connectivity index (χ0v) is 19.5. The molecule has 2 saturated heterocycles. The van der Waals surface area contributed by atoms with Crippen molar-refractivity contribution in [2.45, 2.75) is 37.1 Å². The summed E-state index contributed by atoms with van der Waals surface area (Å²) in [6, 6.07) is -0.828. The van der Waals surface area contributed by atoms with Crippen LogP contribution in [0.2, 0.25) is 0 Å². The molecule has 14 heteroatoms. The average Bonchev–Trinajstić information content (AvgIpc) is 3.27. The maximum Gasteiger partial charge on any atom is 1.00 e. The molecule has 0 radical (unpaired) electrons. The summed E-state index contributed by atoms with van der Waals surface area (Å²) >= 11 is 1.20. The Kier molecular flexibility index (Phi) is 6.55. The van der Waals surface area contributed by atoms with Gasteiger partial charge in [0, 0.05) is 32.2 Å². The molecule has 0 aromatic carbocycles. The second kappa shape index (κ2) is 8.65. The molecule has 1 aromatic rings. The Labute approximate surface area is 199 Å². The van der Waals surface area contributed by atoms with E-state index >= 15 is 0 Å². The van der Waals surface area contributed by atoms with Crippen LogP contribution >= 0.6 is 11.8 Å². The van der Waals surface area contributed by atoms with Crippen molar-refractivity contribution in [1.82, 2.24) is 35.3 Å². The Bertz CT molecular complexity index is 957. The number of rotatable bonds is 6. The normalized spacial score (nSPS) is 24.2. The van der Waals surface area contributed by atoms with Crippen LogP contribution in [0.1, 0.15) is 14.8 Å². The molecular weight excluding hydrogens is 425 g/mol. The van der Waals surface area contributed by atoms with Crippen molar-refractivity contribution < 1.29 is 55.3 Å². The first-order valence-electron chi connectivity index (χ1n) is 8.98. The van der Waals surface area contributed by atoms with E-state index in [1.54, 1.807) is 0 Å². The molecule has 12 nitrogen and oxygen atoms in total. The smallest absolute Gasteiger partial charge is 1.00 e. The molecule has 30 heavy (non-hydrogen) atoms. The summed E-state index contributed by atoms with van der Waals surface area (Å²) in [5, 5.41) is 23.8. The molecule has 0 aliphatic carbocycles. The number of likely N-dealkylation sites (N-methyl/N-ethyl adjacent to an activating group) is 1. The van der Waals surface area contributed by atoms with E-state index in [9.17, 15) is 24.3 Å². The van der Waals surface area contributed by atoms with Gasteiger partial charge < -0.3 is 16.7 Å². The molecule has 3 aliphatic rings. The summed E-state index contributed by atoms with van der Waals surface area (Å²) in [6.07, 6.45) is 0.473. The van der Waals surface area contributed by atoms with Crippen LogP contribution in [0.5, 0.6) is 0 Å². The van der Waals surface area contributed by atoms with E-state index in [0.717, 1.165) is 0 Å². The van der Waals surface area contributed by atoms with Crippen molar-refractivity contribution in [2.75, 3.05) is 19.3 Å². The fraction of sp³-hybridized carbons (Fsp3) is 0.562. The quantitative estimate of drug-likeness (QED) is 0.251. The first-order chi connectivity index (χ1) is 13.8. The molecule has 3 aliphatic heterocycles. The molecule has 2 fully saturated rings. The summed E-state index contributed by atoms with van der Waals surface area (Å²) in [6.45, 7) is 1.80. The van der Waals surface area contributed by atoms with E-state index in [2.05, 4.69) is 20.8 Å². The number of β-lactam (4-membered cyclic amide) rings is 1. The standard InChI is InChI=1S/C16H19N7O5S.Na.H/c1-7(24)21-4-8-3-9(12(15(27)28)23-11(8)13(21)14(23)26)6-29-16-18-19-20-22(16)5-10(25)17-2;;/h8,11,13H,3-6H2,1-2H3,(H,17,25)(H,27,28);;/q;+1;-1/t8-,11-,13+;;/m1../s1. The average molecular weight is 445 g/mol.